The molecule has 3 rings (SSSR count). The fraction of sp³-hybridized carbons (Fsp3) is 0.118. The topological polar surface area (TPSA) is 52.0 Å². The van der Waals surface area contributed by atoms with E-state index in [-0.39, 0.29) is 0 Å². The van der Waals surface area contributed by atoms with Crippen LogP contribution in [0.5, 0.6) is 0 Å². The first-order valence-corrected chi connectivity index (χ1v) is 7.57. The molecular formula is C17H15BrN2O. The number of anilines is 1. The van der Waals surface area contributed by atoms with Crippen molar-refractivity contribution in [1.82, 2.24) is 5.16 Å². The first-order valence-electron chi connectivity index (χ1n) is 6.78. The van der Waals surface area contributed by atoms with E-state index in [0.717, 1.165) is 34.1 Å². The smallest absolute Gasteiger partial charge is 0.230 e. The maximum atomic E-state index is 5.94. The third kappa shape index (κ3) is 3.16. The molecule has 0 spiro atoms. The monoisotopic (exact) mass is 342 g/mol. The Morgan fingerprint density at radius 1 is 0.952 bits per heavy atom. The van der Waals surface area contributed by atoms with Gasteiger partial charge in [-0.15, -0.1) is 0 Å². The zero-order valence-corrected chi connectivity index (χ0v) is 13.0. The summed E-state index contributed by atoms with van der Waals surface area (Å²) in [7, 11) is 0. The summed E-state index contributed by atoms with van der Waals surface area (Å²) in [5.41, 5.74) is 10.0. The average molecular weight is 343 g/mol. The van der Waals surface area contributed by atoms with E-state index in [2.05, 4.69) is 33.2 Å². The van der Waals surface area contributed by atoms with Crippen molar-refractivity contribution in [2.75, 3.05) is 5.73 Å². The van der Waals surface area contributed by atoms with Gasteiger partial charge in [0.1, 0.15) is 0 Å². The second kappa shape index (κ2) is 6.14. The fourth-order valence-electron chi connectivity index (χ4n) is 2.34. The molecule has 3 nitrogen and oxygen atoms in total. The van der Waals surface area contributed by atoms with Gasteiger partial charge in [0.2, 0.25) is 5.88 Å². The third-order valence-corrected chi connectivity index (χ3v) is 3.94. The number of aryl methyl sites for hydroxylation is 2. The summed E-state index contributed by atoms with van der Waals surface area (Å²) in [6, 6.07) is 18.3. The van der Waals surface area contributed by atoms with Crippen molar-refractivity contribution in [1.29, 1.82) is 0 Å². The van der Waals surface area contributed by atoms with Crippen molar-refractivity contribution < 1.29 is 4.52 Å². The van der Waals surface area contributed by atoms with Crippen LogP contribution in [0.1, 0.15) is 11.3 Å². The highest BCUT2D eigenvalue weighted by molar-refractivity contribution is 9.10. The van der Waals surface area contributed by atoms with Crippen molar-refractivity contribution in [2.45, 2.75) is 12.8 Å². The van der Waals surface area contributed by atoms with E-state index < -0.39 is 0 Å². The number of halogens is 1. The molecule has 0 radical (unpaired) electrons. The molecule has 1 heterocycles. The van der Waals surface area contributed by atoms with Crippen LogP contribution in [0, 0.1) is 0 Å². The minimum atomic E-state index is 0.375. The van der Waals surface area contributed by atoms with Gasteiger partial charge in [-0.25, -0.2) is 0 Å². The molecule has 0 aliphatic rings. The summed E-state index contributed by atoms with van der Waals surface area (Å²) in [6.07, 6.45) is 1.71. The molecule has 3 aromatic rings. The van der Waals surface area contributed by atoms with E-state index in [9.17, 15) is 0 Å². The quantitative estimate of drug-likeness (QED) is 0.760. The molecule has 2 aromatic carbocycles. The molecule has 1 aromatic heterocycles. The van der Waals surface area contributed by atoms with E-state index in [1.165, 1.54) is 5.56 Å². The van der Waals surface area contributed by atoms with Gasteiger partial charge < -0.3 is 10.3 Å². The summed E-state index contributed by atoms with van der Waals surface area (Å²) in [4.78, 5) is 0. The van der Waals surface area contributed by atoms with E-state index in [1.807, 2.05) is 42.5 Å². The van der Waals surface area contributed by atoms with Crippen molar-refractivity contribution in [2.24, 2.45) is 0 Å². The van der Waals surface area contributed by atoms with Crippen molar-refractivity contribution in [3.8, 4) is 11.1 Å². The number of aromatic nitrogens is 1. The van der Waals surface area contributed by atoms with E-state index >= 15 is 0 Å². The first-order chi connectivity index (χ1) is 10.2. The Morgan fingerprint density at radius 3 is 2.38 bits per heavy atom. The van der Waals surface area contributed by atoms with Gasteiger partial charge in [-0.1, -0.05) is 63.6 Å². The molecule has 0 amide bonds. The number of hydrogen-bond donors (Lipinski definition) is 1. The molecule has 0 unspecified atom stereocenters. The van der Waals surface area contributed by atoms with Crippen LogP contribution in [0.3, 0.4) is 0 Å². The summed E-state index contributed by atoms with van der Waals surface area (Å²) >= 11 is 3.44. The van der Waals surface area contributed by atoms with Crippen molar-refractivity contribution in [3.05, 3.63) is 70.3 Å². The molecule has 0 aliphatic heterocycles. The van der Waals surface area contributed by atoms with Gasteiger partial charge in [0.15, 0.2) is 0 Å². The van der Waals surface area contributed by atoms with Gasteiger partial charge in [0.05, 0.1) is 11.3 Å². The Labute approximate surface area is 131 Å². The van der Waals surface area contributed by atoms with Crippen LogP contribution in [0.15, 0.2) is 63.6 Å². The van der Waals surface area contributed by atoms with Crippen LogP contribution in [0.4, 0.5) is 5.88 Å². The maximum Gasteiger partial charge on any atom is 0.230 e. The number of nitrogen functional groups attached to an aromatic ring is 1. The molecule has 4 heteroatoms. The van der Waals surface area contributed by atoms with Gasteiger partial charge in [-0.3, -0.25) is 0 Å². The zero-order chi connectivity index (χ0) is 14.7. The summed E-state index contributed by atoms with van der Waals surface area (Å²) in [6.45, 7) is 0. The van der Waals surface area contributed by atoms with Crippen LogP contribution < -0.4 is 5.73 Å². The molecule has 0 aliphatic carbocycles. The van der Waals surface area contributed by atoms with Gasteiger partial charge in [0, 0.05) is 4.47 Å². The number of nitrogens with two attached hydrogens (primary N) is 1. The van der Waals surface area contributed by atoms with E-state index in [1.54, 1.807) is 0 Å². The molecule has 0 atom stereocenters. The van der Waals surface area contributed by atoms with Crippen molar-refractivity contribution >= 4 is 21.8 Å². The van der Waals surface area contributed by atoms with E-state index in [0.29, 0.717) is 5.88 Å². The van der Waals surface area contributed by atoms with E-state index in [4.69, 9.17) is 10.3 Å². The zero-order valence-electron chi connectivity index (χ0n) is 11.4. The summed E-state index contributed by atoms with van der Waals surface area (Å²) < 4.78 is 6.22. The van der Waals surface area contributed by atoms with Crippen LogP contribution in [0.2, 0.25) is 0 Å². The summed E-state index contributed by atoms with van der Waals surface area (Å²) in [5, 5.41) is 4.12. The molecule has 2 N–H and O–H groups in total. The van der Waals surface area contributed by atoms with Gasteiger partial charge >= 0.3 is 0 Å². The van der Waals surface area contributed by atoms with Gasteiger partial charge in [-0.2, -0.15) is 0 Å². The highest BCUT2D eigenvalue weighted by atomic mass is 79.9. The minimum Gasteiger partial charge on any atom is -0.367 e. The standard InChI is InChI=1S/C17H15BrN2O/c18-14-9-7-13(8-10-14)16-15(20-21-17(16)19)11-6-12-4-2-1-3-5-12/h1-5,7-10H,6,11,19H2. The lowest BCUT2D eigenvalue weighted by Gasteiger charge is -2.03. The highest BCUT2D eigenvalue weighted by Crippen LogP contribution is 2.31. The Hall–Kier alpha value is -2.07. The van der Waals surface area contributed by atoms with Crippen LogP contribution in [-0.4, -0.2) is 5.16 Å². The Balaban J connectivity index is 1.85. The molecule has 0 saturated heterocycles. The number of nitrogens with zero attached hydrogens (tertiary/aromatic N) is 1. The molecule has 106 valence electrons. The highest BCUT2D eigenvalue weighted by Gasteiger charge is 2.15. The minimum absolute atomic E-state index is 0.375. The van der Waals surface area contributed by atoms with Crippen LogP contribution >= 0.6 is 15.9 Å². The Morgan fingerprint density at radius 2 is 1.67 bits per heavy atom. The third-order valence-electron chi connectivity index (χ3n) is 3.42. The van der Waals surface area contributed by atoms with Crippen molar-refractivity contribution in [3.63, 3.8) is 0 Å². The predicted molar refractivity (Wildman–Crippen MR) is 87.9 cm³/mol. The Bertz CT molecular complexity index is 720. The maximum absolute atomic E-state index is 5.94. The van der Waals surface area contributed by atoms with Crippen LogP contribution in [0.25, 0.3) is 11.1 Å². The normalized spacial score (nSPS) is 10.7. The molecule has 0 fully saturated rings. The number of benzene rings is 2. The first kappa shape index (κ1) is 13.9. The number of rotatable bonds is 4. The number of hydrogen-bond acceptors (Lipinski definition) is 3. The van der Waals surface area contributed by atoms with Gasteiger partial charge in [-0.05, 0) is 36.1 Å². The lowest BCUT2D eigenvalue weighted by Crippen LogP contribution is -1.95. The second-order valence-corrected chi connectivity index (χ2v) is 5.78. The summed E-state index contributed by atoms with van der Waals surface area (Å²) in [5.74, 6) is 0.375. The lowest BCUT2D eigenvalue weighted by molar-refractivity contribution is 0.427. The molecular weight excluding hydrogens is 328 g/mol. The van der Waals surface area contributed by atoms with Gasteiger partial charge in [0.25, 0.3) is 0 Å². The SMILES string of the molecule is Nc1onc(CCc2ccccc2)c1-c1ccc(Br)cc1. The largest absolute Gasteiger partial charge is 0.367 e. The Kier molecular flexibility index (Phi) is 4.06. The molecule has 0 bridgehead atoms. The second-order valence-electron chi connectivity index (χ2n) is 4.86. The molecule has 21 heavy (non-hydrogen) atoms. The lowest BCUT2D eigenvalue weighted by atomic mass is 10.0. The van der Waals surface area contributed by atoms with Crippen LogP contribution in [-0.2, 0) is 12.8 Å². The average Bonchev–Trinajstić information content (AvgIpc) is 2.88. The molecule has 0 saturated carbocycles. The fourth-order valence-corrected chi connectivity index (χ4v) is 2.61. The predicted octanol–water partition coefficient (Wildman–Crippen LogP) is 4.47.